The molecule has 2 rings (SSSR count). The van der Waals surface area contributed by atoms with Crippen molar-refractivity contribution < 1.29 is 32.6 Å². The number of rotatable bonds is 7. The van der Waals surface area contributed by atoms with Gasteiger partial charge in [0.1, 0.15) is 13.2 Å². The Hall–Kier alpha value is -2.61. The summed E-state index contributed by atoms with van der Waals surface area (Å²) in [5, 5.41) is 13.1. The van der Waals surface area contributed by atoms with E-state index in [0.29, 0.717) is 5.56 Å². The zero-order valence-corrected chi connectivity index (χ0v) is 13.0. The molecule has 2 aromatic carbocycles. The molecule has 8 heteroatoms. The summed E-state index contributed by atoms with van der Waals surface area (Å²) in [4.78, 5) is 22.9. The van der Waals surface area contributed by atoms with Crippen molar-refractivity contribution in [3.05, 3.63) is 48.0 Å². The topological polar surface area (TPSA) is 75.6 Å². The normalized spacial score (nSPS) is 12.8. The second kappa shape index (κ2) is 7.98. The van der Waals surface area contributed by atoms with Crippen LogP contribution in [0.1, 0.15) is 18.0 Å². The van der Waals surface area contributed by atoms with Crippen LogP contribution in [-0.4, -0.2) is 36.4 Å². The number of carbonyl (C=O) groups is 2. The highest BCUT2D eigenvalue weighted by molar-refractivity contribution is 5.87. The first-order valence-electron chi connectivity index (χ1n) is 7.39. The Labute approximate surface area is 141 Å². The Kier molecular flexibility index (Phi) is 5.97. The SMILES string of the molecule is O=C(O)C[C@@H](NC(=O)COCC(F)(F)F)c1cccc2ccccc12. The van der Waals surface area contributed by atoms with Gasteiger partial charge in [-0.3, -0.25) is 9.59 Å². The van der Waals surface area contributed by atoms with E-state index in [-0.39, 0.29) is 0 Å². The van der Waals surface area contributed by atoms with Gasteiger partial charge in [-0.15, -0.1) is 0 Å². The number of fused-ring (bicyclic) bond motifs is 1. The summed E-state index contributed by atoms with van der Waals surface area (Å²) in [5.41, 5.74) is 0.574. The maximum absolute atomic E-state index is 12.0. The molecule has 0 heterocycles. The van der Waals surface area contributed by atoms with E-state index in [2.05, 4.69) is 10.1 Å². The summed E-state index contributed by atoms with van der Waals surface area (Å²) in [7, 11) is 0. The minimum atomic E-state index is -4.53. The molecule has 0 saturated heterocycles. The maximum atomic E-state index is 12.0. The summed E-state index contributed by atoms with van der Waals surface area (Å²) < 4.78 is 40.4. The van der Waals surface area contributed by atoms with E-state index in [1.165, 1.54) is 0 Å². The standard InChI is InChI=1S/C17H16F3NO4/c18-17(19,20)10-25-9-15(22)21-14(8-16(23)24)13-7-3-5-11-4-1-2-6-12(11)13/h1-7,14H,8-10H2,(H,21,22)(H,23,24)/t14-/m1/s1. The van der Waals surface area contributed by atoms with Gasteiger partial charge in [0.15, 0.2) is 0 Å². The lowest BCUT2D eigenvalue weighted by Crippen LogP contribution is -2.34. The predicted octanol–water partition coefficient (Wildman–Crippen LogP) is 3.05. The van der Waals surface area contributed by atoms with E-state index >= 15 is 0 Å². The lowest BCUT2D eigenvalue weighted by Gasteiger charge is -2.19. The first-order chi connectivity index (χ1) is 11.8. The zero-order chi connectivity index (χ0) is 18.4. The summed E-state index contributed by atoms with van der Waals surface area (Å²) in [6.45, 7) is -2.35. The van der Waals surface area contributed by atoms with Gasteiger partial charge in [-0.1, -0.05) is 42.5 Å². The van der Waals surface area contributed by atoms with E-state index in [1.807, 2.05) is 18.2 Å². The average molecular weight is 355 g/mol. The van der Waals surface area contributed by atoms with Gasteiger partial charge in [-0.2, -0.15) is 13.2 Å². The monoisotopic (exact) mass is 355 g/mol. The number of hydrogen-bond donors (Lipinski definition) is 2. The van der Waals surface area contributed by atoms with Crippen LogP contribution < -0.4 is 5.32 Å². The molecule has 0 aliphatic rings. The van der Waals surface area contributed by atoms with Gasteiger partial charge < -0.3 is 15.2 Å². The fourth-order valence-electron chi connectivity index (χ4n) is 2.46. The molecular weight excluding hydrogens is 339 g/mol. The van der Waals surface area contributed by atoms with Crippen LogP contribution >= 0.6 is 0 Å². The van der Waals surface area contributed by atoms with Crippen molar-refractivity contribution in [3.8, 4) is 0 Å². The lowest BCUT2D eigenvalue weighted by atomic mass is 9.96. The number of hydrogen-bond acceptors (Lipinski definition) is 3. The van der Waals surface area contributed by atoms with Crippen molar-refractivity contribution in [2.45, 2.75) is 18.6 Å². The molecule has 0 spiro atoms. The molecule has 0 unspecified atom stereocenters. The summed E-state index contributed by atoms with van der Waals surface area (Å²) in [6, 6.07) is 11.6. The Balaban J connectivity index is 2.16. The molecule has 2 N–H and O–H groups in total. The van der Waals surface area contributed by atoms with Crippen LogP contribution in [0.4, 0.5) is 13.2 Å². The summed E-state index contributed by atoms with van der Waals surface area (Å²) >= 11 is 0. The van der Waals surface area contributed by atoms with Crippen LogP contribution in [-0.2, 0) is 14.3 Å². The van der Waals surface area contributed by atoms with Crippen LogP contribution in [0.3, 0.4) is 0 Å². The number of aliphatic carboxylic acids is 1. The van der Waals surface area contributed by atoms with E-state index in [0.717, 1.165) is 10.8 Å². The minimum absolute atomic E-state index is 0.404. The summed E-state index contributed by atoms with van der Waals surface area (Å²) in [5.74, 6) is -1.96. The van der Waals surface area contributed by atoms with Crippen molar-refractivity contribution in [3.63, 3.8) is 0 Å². The van der Waals surface area contributed by atoms with Gasteiger partial charge in [0, 0.05) is 0 Å². The minimum Gasteiger partial charge on any atom is -0.481 e. The fourth-order valence-corrected chi connectivity index (χ4v) is 2.46. The molecule has 2 aromatic rings. The molecule has 0 aliphatic heterocycles. The highest BCUT2D eigenvalue weighted by atomic mass is 19.4. The van der Waals surface area contributed by atoms with E-state index in [1.54, 1.807) is 24.3 Å². The van der Waals surface area contributed by atoms with Gasteiger partial charge in [0.05, 0.1) is 12.5 Å². The smallest absolute Gasteiger partial charge is 0.411 e. The molecule has 0 radical (unpaired) electrons. The molecule has 0 bridgehead atoms. The molecule has 0 aliphatic carbocycles. The third kappa shape index (κ3) is 5.75. The molecule has 1 atom stereocenters. The highest BCUT2D eigenvalue weighted by Gasteiger charge is 2.28. The molecule has 0 saturated carbocycles. The molecule has 134 valence electrons. The maximum Gasteiger partial charge on any atom is 0.411 e. The first-order valence-corrected chi connectivity index (χ1v) is 7.39. The van der Waals surface area contributed by atoms with Crippen molar-refractivity contribution >= 4 is 22.6 Å². The molecule has 5 nitrogen and oxygen atoms in total. The van der Waals surface area contributed by atoms with Gasteiger partial charge in [-0.05, 0) is 16.3 Å². The highest BCUT2D eigenvalue weighted by Crippen LogP contribution is 2.26. The molecule has 0 aromatic heterocycles. The molecule has 25 heavy (non-hydrogen) atoms. The third-order valence-corrected chi connectivity index (χ3v) is 3.41. The number of carboxylic acids is 1. The number of halogens is 3. The van der Waals surface area contributed by atoms with Gasteiger partial charge in [-0.25, -0.2) is 0 Å². The number of benzene rings is 2. The molecular formula is C17H16F3NO4. The average Bonchev–Trinajstić information content (AvgIpc) is 2.52. The van der Waals surface area contributed by atoms with E-state index in [4.69, 9.17) is 5.11 Å². The van der Waals surface area contributed by atoms with Crippen molar-refractivity contribution in [1.82, 2.24) is 5.32 Å². The number of carbonyl (C=O) groups excluding carboxylic acids is 1. The van der Waals surface area contributed by atoms with Gasteiger partial charge in [0.25, 0.3) is 0 Å². The van der Waals surface area contributed by atoms with Crippen LogP contribution in [0.15, 0.2) is 42.5 Å². The second-order valence-corrected chi connectivity index (χ2v) is 5.39. The Bertz CT molecular complexity index is 756. The van der Waals surface area contributed by atoms with Crippen molar-refractivity contribution in [2.24, 2.45) is 0 Å². The van der Waals surface area contributed by atoms with Crippen LogP contribution in [0.5, 0.6) is 0 Å². The fraction of sp³-hybridized carbons (Fsp3) is 0.294. The quantitative estimate of drug-likeness (QED) is 0.800. The van der Waals surface area contributed by atoms with Gasteiger partial charge >= 0.3 is 12.1 Å². The third-order valence-electron chi connectivity index (χ3n) is 3.41. The lowest BCUT2D eigenvalue weighted by molar-refractivity contribution is -0.175. The summed E-state index contributed by atoms with van der Waals surface area (Å²) in [6.07, 6.45) is -4.94. The molecule has 0 fully saturated rings. The Morgan fingerprint density at radius 2 is 1.80 bits per heavy atom. The Morgan fingerprint density at radius 3 is 2.48 bits per heavy atom. The van der Waals surface area contributed by atoms with E-state index < -0.39 is 43.7 Å². The number of ether oxygens (including phenoxy) is 1. The number of carboxylic acid groups (broad SMARTS) is 1. The second-order valence-electron chi connectivity index (χ2n) is 5.39. The van der Waals surface area contributed by atoms with E-state index in [9.17, 15) is 22.8 Å². The van der Waals surface area contributed by atoms with Gasteiger partial charge in [0.2, 0.25) is 5.91 Å². The first kappa shape index (κ1) is 18.7. The largest absolute Gasteiger partial charge is 0.481 e. The predicted molar refractivity (Wildman–Crippen MR) is 84.0 cm³/mol. The number of amides is 1. The number of alkyl halides is 3. The Morgan fingerprint density at radius 1 is 1.12 bits per heavy atom. The van der Waals surface area contributed by atoms with Crippen LogP contribution in [0, 0.1) is 0 Å². The van der Waals surface area contributed by atoms with Crippen molar-refractivity contribution in [2.75, 3.05) is 13.2 Å². The molecule has 1 amide bonds. The zero-order valence-electron chi connectivity index (χ0n) is 13.0. The number of nitrogens with one attached hydrogen (secondary N) is 1. The van der Waals surface area contributed by atoms with Crippen LogP contribution in [0.25, 0.3) is 10.8 Å². The van der Waals surface area contributed by atoms with Crippen LogP contribution in [0.2, 0.25) is 0 Å². The van der Waals surface area contributed by atoms with Crippen molar-refractivity contribution in [1.29, 1.82) is 0 Å².